The second-order valence-corrected chi connectivity index (χ2v) is 5.15. The molecule has 0 radical (unpaired) electrons. The molecule has 0 aliphatic heterocycles. The number of aliphatic hydroxyl groups is 1. The lowest BCUT2D eigenvalue weighted by Crippen LogP contribution is -2.36. The Balaban J connectivity index is 2.94. The van der Waals surface area contributed by atoms with E-state index in [2.05, 4.69) is 13.8 Å². The summed E-state index contributed by atoms with van der Waals surface area (Å²) in [5, 5.41) is 10.3. The van der Waals surface area contributed by atoms with E-state index in [-0.39, 0.29) is 0 Å². The molecular formula is C12H20O2S. The third-order valence-electron chi connectivity index (χ3n) is 3.13. The molecule has 2 nitrogen and oxygen atoms in total. The minimum absolute atomic E-state index is 0.433. The number of hydrogen-bond donors (Lipinski definition) is 1. The molecule has 0 amide bonds. The number of hydrogen-bond acceptors (Lipinski definition) is 3. The molecule has 0 saturated heterocycles. The Labute approximate surface area is 95.9 Å². The first-order valence-electron chi connectivity index (χ1n) is 5.39. The number of rotatable bonds is 5. The van der Waals surface area contributed by atoms with Gasteiger partial charge in [0.25, 0.3) is 0 Å². The van der Waals surface area contributed by atoms with Crippen LogP contribution in [0.5, 0.6) is 0 Å². The molecule has 1 rings (SSSR count). The predicted molar refractivity (Wildman–Crippen MR) is 64.3 cm³/mol. The fraction of sp³-hybridized carbons (Fsp3) is 0.667. The van der Waals surface area contributed by atoms with Crippen molar-refractivity contribution < 1.29 is 9.84 Å². The summed E-state index contributed by atoms with van der Waals surface area (Å²) in [7, 11) is 1.68. The molecule has 0 saturated carbocycles. The van der Waals surface area contributed by atoms with Crippen LogP contribution in [0.15, 0.2) is 12.1 Å². The minimum Gasteiger partial charge on any atom is -0.385 e. The van der Waals surface area contributed by atoms with Crippen molar-refractivity contribution in [1.29, 1.82) is 0 Å². The van der Waals surface area contributed by atoms with Crippen LogP contribution in [0.25, 0.3) is 0 Å². The highest BCUT2D eigenvalue weighted by Crippen LogP contribution is 2.37. The quantitative estimate of drug-likeness (QED) is 0.838. The lowest BCUT2D eigenvalue weighted by Gasteiger charge is -2.34. The molecule has 1 N–H and O–H groups in total. The zero-order valence-corrected chi connectivity index (χ0v) is 10.7. The van der Waals surface area contributed by atoms with Crippen LogP contribution in [0.4, 0.5) is 0 Å². The Morgan fingerprint density at radius 1 is 1.40 bits per heavy atom. The number of thiophene rings is 1. The van der Waals surface area contributed by atoms with Crippen molar-refractivity contribution >= 4 is 11.3 Å². The maximum absolute atomic E-state index is 10.3. The highest BCUT2D eigenvalue weighted by molar-refractivity contribution is 7.12. The average molecular weight is 228 g/mol. The van der Waals surface area contributed by atoms with Gasteiger partial charge in [-0.2, -0.15) is 0 Å². The van der Waals surface area contributed by atoms with E-state index in [4.69, 9.17) is 4.74 Å². The van der Waals surface area contributed by atoms with Gasteiger partial charge in [0.1, 0.15) is 6.10 Å². The van der Waals surface area contributed by atoms with Crippen LogP contribution in [0.1, 0.15) is 42.5 Å². The summed E-state index contributed by atoms with van der Waals surface area (Å²) in [6.07, 6.45) is 1.12. The number of methoxy groups -OCH3 is 1. The summed E-state index contributed by atoms with van der Waals surface area (Å²) in [5.41, 5.74) is -0.433. The third kappa shape index (κ3) is 2.41. The second-order valence-electron chi connectivity index (χ2n) is 3.83. The van der Waals surface area contributed by atoms with Gasteiger partial charge in [-0.05, 0) is 31.9 Å². The van der Waals surface area contributed by atoms with Crippen LogP contribution < -0.4 is 0 Å². The summed E-state index contributed by atoms with van der Waals surface area (Å²) >= 11 is 1.64. The van der Waals surface area contributed by atoms with E-state index in [1.165, 1.54) is 4.88 Å². The Kier molecular flexibility index (Phi) is 4.32. The van der Waals surface area contributed by atoms with Crippen LogP contribution >= 0.6 is 11.3 Å². The van der Waals surface area contributed by atoms with E-state index in [0.29, 0.717) is 0 Å². The molecule has 0 aromatic carbocycles. The van der Waals surface area contributed by atoms with Crippen LogP contribution in [0.3, 0.4) is 0 Å². The van der Waals surface area contributed by atoms with Gasteiger partial charge in [0, 0.05) is 16.9 Å². The van der Waals surface area contributed by atoms with Gasteiger partial charge in [-0.3, -0.25) is 0 Å². The smallest absolute Gasteiger partial charge is 0.117 e. The highest BCUT2D eigenvalue weighted by Gasteiger charge is 2.36. The Bertz CT molecular complexity index is 294. The van der Waals surface area contributed by atoms with Crippen molar-refractivity contribution in [2.75, 3.05) is 7.11 Å². The molecule has 15 heavy (non-hydrogen) atoms. The molecule has 0 fully saturated rings. The zero-order valence-electron chi connectivity index (χ0n) is 9.91. The second kappa shape index (κ2) is 5.10. The SMILES string of the molecule is CCC(CC)(OC)C(O)c1ccc(C)s1. The molecule has 86 valence electrons. The standard InChI is InChI=1S/C12H20O2S/c1-5-12(6-2,14-4)11(13)10-8-7-9(3)15-10/h7-8,11,13H,5-6H2,1-4H3. The highest BCUT2D eigenvalue weighted by atomic mass is 32.1. The first-order chi connectivity index (χ1) is 7.09. The number of ether oxygens (including phenoxy) is 1. The van der Waals surface area contributed by atoms with Gasteiger partial charge in [-0.1, -0.05) is 13.8 Å². The molecule has 0 aliphatic rings. The van der Waals surface area contributed by atoms with Crippen LogP contribution in [0.2, 0.25) is 0 Å². The van der Waals surface area contributed by atoms with Crippen molar-refractivity contribution in [2.45, 2.75) is 45.3 Å². The van der Waals surface area contributed by atoms with Crippen LogP contribution in [-0.2, 0) is 4.74 Å². The molecule has 3 heteroatoms. The summed E-state index contributed by atoms with van der Waals surface area (Å²) in [6.45, 7) is 6.15. The molecular weight excluding hydrogens is 208 g/mol. The van der Waals surface area contributed by atoms with E-state index in [1.54, 1.807) is 18.4 Å². The first kappa shape index (κ1) is 12.7. The van der Waals surface area contributed by atoms with Gasteiger partial charge in [0.15, 0.2) is 0 Å². The Morgan fingerprint density at radius 3 is 2.33 bits per heavy atom. The van der Waals surface area contributed by atoms with Crippen molar-refractivity contribution in [3.63, 3.8) is 0 Å². The van der Waals surface area contributed by atoms with Crippen molar-refractivity contribution in [3.05, 3.63) is 21.9 Å². The maximum Gasteiger partial charge on any atom is 0.117 e. The molecule has 1 heterocycles. The summed E-state index contributed by atoms with van der Waals surface area (Å²) in [4.78, 5) is 2.22. The van der Waals surface area contributed by atoms with Gasteiger partial charge in [-0.15, -0.1) is 11.3 Å². The van der Waals surface area contributed by atoms with Gasteiger partial charge < -0.3 is 9.84 Å². The predicted octanol–water partition coefficient (Wildman–Crippen LogP) is 3.30. The third-order valence-corrected chi connectivity index (χ3v) is 4.19. The molecule has 1 aromatic rings. The molecule has 0 bridgehead atoms. The monoisotopic (exact) mass is 228 g/mol. The van der Waals surface area contributed by atoms with Gasteiger partial charge >= 0.3 is 0 Å². The average Bonchev–Trinajstić information content (AvgIpc) is 2.68. The fourth-order valence-corrected chi connectivity index (χ4v) is 2.87. The summed E-state index contributed by atoms with van der Waals surface area (Å²) in [5.74, 6) is 0. The van der Waals surface area contributed by atoms with Crippen molar-refractivity contribution in [3.8, 4) is 0 Å². The summed E-state index contributed by atoms with van der Waals surface area (Å²) < 4.78 is 5.52. The van der Waals surface area contributed by atoms with Gasteiger partial charge in [0.05, 0.1) is 5.60 Å². The van der Waals surface area contributed by atoms with E-state index < -0.39 is 11.7 Å². The van der Waals surface area contributed by atoms with Crippen LogP contribution in [0, 0.1) is 6.92 Å². The molecule has 0 spiro atoms. The van der Waals surface area contributed by atoms with Crippen LogP contribution in [-0.4, -0.2) is 17.8 Å². The fourth-order valence-electron chi connectivity index (χ4n) is 1.90. The number of aliphatic hydroxyl groups excluding tert-OH is 1. The lowest BCUT2D eigenvalue weighted by atomic mass is 9.89. The van der Waals surface area contributed by atoms with E-state index in [1.807, 2.05) is 19.1 Å². The van der Waals surface area contributed by atoms with Crippen molar-refractivity contribution in [1.82, 2.24) is 0 Å². The minimum atomic E-state index is -0.517. The van der Waals surface area contributed by atoms with E-state index in [0.717, 1.165) is 17.7 Å². The molecule has 1 atom stereocenters. The molecule has 1 aromatic heterocycles. The topological polar surface area (TPSA) is 29.5 Å². The number of aryl methyl sites for hydroxylation is 1. The Hall–Kier alpha value is -0.380. The summed E-state index contributed by atoms with van der Waals surface area (Å²) in [6, 6.07) is 4.03. The largest absolute Gasteiger partial charge is 0.385 e. The van der Waals surface area contributed by atoms with E-state index >= 15 is 0 Å². The lowest BCUT2D eigenvalue weighted by molar-refractivity contribution is -0.108. The zero-order chi connectivity index (χ0) is 11.5. The van der Waals surface area contributed by atoms with Gasteiger partial charge in [-0.25, -0.2) is 0 Å². The normalized spacial score (nSPS) is 14.2. The van der Waals surface area contributed by atoms with Gasteiger partial charge in [0.2, 0.25) is 0 Å². The van der Waals surface area contributed by atoms with Crippen molar-refractivity contribution in [2.24, 2.45) is 0 Å². The maximum atomic E-state index is 10.3. The Morgan fingerprint density at radius 2 is 2.00 bits per heavy atom. The first-order valence-corrected chi connectivity index (χ1v) is 6.20. The molecule has 0 aliphatic carbocycles. The molecule has 1 unspecified atom stereocenters. The van der Waals surface area contributed by atoms with E-state index in [9.17, 15) is 5.11 Å².